The van der Waals surface area contributed by atoms with Crippen molar-refractivity contribution in [1.82, 2.24) is 21.3 Å². The molecule has 0 atom stereocenters. The van der Waals surface area contributed by atoms with E-state index in [1.165, 1.54) is 45.3 Å². The van der Waals surface area contributed by atoms with Crippen LogP contribution in [0.3, 0.4) is 0 Å². The second-order valence-electron chi connectivity index (χ2n) is 13.5. The Bertz CT molecular complexity index is 1190. The summed E-state index contributed by atoms with van der Waals surface area (Å²) in [6, 6.07) is 18.1. The lowest BCUT2D eigenvalue weighted by Gasteiger charge is -2.26. The summed E-state index contributed by atoms with van der Waals surface area (Å²) in [4.78, 5) is 23.7. The fourth-order valence-corrected chi connectivity index (χ4v) is 6.08. The second-order valence-corrected chi connectivity index (χ2v) is 13.5. The van der Waals surface area contributed by atoms with Crippen LogP contribution in [-0.2, 0) is 6.42 Å². The van der Waals surface area contributed by atoms with Crippen molar-refractivity contribution in [3.63, 3.8) is 0 Å². The van der Waals surface area contributed by atoms with Crippen LogP contribution in [0.25, 0.3) is 0 Å². The van der Waals surface area contributed by atoms with Crippen LogP contribution in [0.2, 0.25) is 0 Å². The highest BCUT2D eigenvalue weighted by Gasteiger charge is 2.09. The van der Waals surface area contributed by atoms with E-state index in [-0.39, 0.29) is 0 Å². The molecular weight excluding hydrogens is 608 g/mol. The lowest BCUT2D eigenvalue weighted by Crippen LogP contribution is -2.41. The molecule has 0 radical (unpaired) electrons. The van der Waals surface area contributed by atoms with Crippen LogP contribution in [0.4, 0.5) is 11.4 Å². The van der Waals surface area contributed by atoms with E-state index in [9.17, 15) is 0 Å². The zero-order valence-electron chi connectivity index (χ0n) is 30.7. The molecule has 10 nitrogen and oxygen atoms in total. The lowest BCUT2D eigenvalue weighted by atomic mass is 10.0. The molecule has 0 aromatic heterocycles. The Morgan fingerprint density at radius 1 is 0.449 bits per heavy atom. The van der Waals surface area contributed by atoms with Crippen LogP contribution in [-0.4, -0.2) is 102 Å². The first-order valence-corrected chi connectivity index (χ1v) is 18.5. The minimum Gasteiger partial charge on any atom is -0.346 e. The molecule has 2 aromatic rings. The van der Waals surface area contributed by atoms with Crippen LogP contribution in [0.5, 0.6) is 0 Å². The van der Waals surface area contributed by atoms with Gasteiger partial charge in [0.15, 0.2) is 0 Å². The highest BCUT2D eigenvalue weighted by atomic mass is 15.3. The molecular formula is C39H62N10. The Morgan fingerprint density at radius 2 is 0.735 bits per heavy atom. The van der Waals surface area contributed by atoms with Gasteiger partial charge in [-0.15, -0.1) is 0 Å². The Morgan fingerprint density at radius 3 is 1.02 bits per heavy atom. The third kappa shape index (κ3) is 15.3. The summed E-state index contributed by atoms with van der Waals surface area (Å²) < 4.78 is 0. The molecule has 2 aliphatic heterocycles. The van der Waals surface area contributed by atoms with E-state index in [4.69, 9.17) is 20.0 Å². The average Bonchev–Trinajstić information content (AvgIpc) is 3.08. The molecule has 0 saturated carbocycles. The van der Waals surface area contributed by atoms with E-state index >= 15 is 0 Å². The van der Waals surface area contributed by atoms with Crippen LogP contribution in [0, 0.1) is 0 Å². The fraction of sp³-hybridized carbons (Fsp3) is 0.590. The van der Waals surface area contributed by atoms with Gasteiger partial charge >= 0.3 is 0 Å². The number of aliphatic imine (C=N–C) groups is 4. The van der Waals surface area contributed by atoms with Crippen molar-refractivity contribution in [1.29, 1.82) is 0 Å². The maximum Gasteiger partial charge on any atom is 0.0695 e. The number of nitrogens with one attached hydrogen (secondary N) is 4. The topological polar surface area (TPSA) is 104 Å². The number of hydrogen-bond donors (Lipinski definition) is 4. The molecule has 49 heavy (non-hydrogen) atoms. The quantitative estimate of drug-likeness (QED) is 0.353. The minimum absolute atomic E-state index is 0.801. The zero-order valence-corrected chi connectivity index (χ0v) is 30.7. The van der Waals surface area contributed by atoms with Gasteiger partial charge in [-0.1, -0.05) is 24.3 Å². The van der Waals surface area contributed by atoms with E-state index in [0.717, 1.165) is 124 Å². The molecule has 0 bridgehead atoms. The van der Waals surface area contributed by atoms with Crippen LogP contribution < -0.4 is 31.1 Å². The van der Waals surface area contributed by atoms with Gasteiger partial charge in [-0.3, -0.25) is 41.2 Å². The molecule has 0 aliphatic carbocycles. The number of hydrogen-bond acceptors (Lipinski definition) is 10. The first-order valence-electron chi connectivity index (χ1n) is 18.5. The number of benzene rings is 2. The van der Waals surface area contributed by atoms with E-state index in [0.29, 0.717) is 0 Å². The predicted molar refractivity (Wildman–Crippen MR) is 212 cm³/mol. The van der Waals surface area contributed by atoms with Crippen molar-refractivity contribution in [3.05, 3.63) is 59.7 Å². The number of rotatable bonds is 4. The highest BCUT2D eigenvalue weighted by molar-refractivity contribution is 6.02. The fourth-order valence-electron chi connectivity index (χ4n) is 6.08. The molecule has 0 amide bonds. The maximum absolute atomic E-state index is 4.74. The summed E-state index contributed by atoms with van der Waals surface area (Å²) in [5.41, 5.74) is 9.79. The van der Waals surface area contributed by atoms with Crippen molar-refractivity contribution in [2.45, 2.75) is 72.6 Å². The summed E-state index contributed by atoms with van der Waals surface area (Å²) in [5, 5.41) is 14.5. The molecule has 4 N–H and O–H groups in total. The first-order chi connectivity index (χ1) is 24.0. The molecule has 0 fully saturated rings. The summed E-state index contributed by atoms with van der Waals surface area (Å²) in [5.74, 6) is 0. The van der Waals surface area contributed by atoms with Gasteiger partial charge in [-0.05, 0) is 121 Å². The molecule has 2 heterocycles. The van der Waals surface area contributed by atoms with Crippen molar-refractivity contribution in [2.24, 2.45) is 20.0 Å². The monoisotopic (exact) mass is 671 g/mol. The van der Waals surface area contributed by atoms with Gasteiger partial charge in [0, 0.05) is 73.2 Å². The minimum atomic E-state index is 0.801. The Kier molecular flexibility index (Phi) is 17.5. The molecule has 0 unspecified atom stereocenters. The van der Waals surface area contributed by atoms with Crippen molar-refractivity contribution < 1.29 is 0 Å². The predicted octanol–water partition coefficient (Wildman–Crippen LogP) is 5.29. The van der Waals surface area contributed by atoms with Gasteiger partial charge < -0.3 is 9.80 Å². The Hall–Kier alpha value is -3.44. The second kappa shape index (κ2) is 22.3. The number of anilines is 2. The van der Waals surface area contributed by atoms with E-state index in [1.54, 1.807) is 0 Å². The highest BCUT2D eigenvalue weighted by Crippen LogP contribution is 2.19. The third-order valence-corrected chi connectivity index (χ3v) is 8.82. The Balaban J connectivity index is 1.31. The molecule has 0 saturated heterocycles. The molecule has 268 valence electrons. The normalized spacial score (nSPS) is 19.8. The van der Waals surface area contributed by atoms with Gasteiger partial charge in [0.05, 0.1) is 26.7 Å². The lowest BCUT2D eigenvalue weighted by molar-refractivity contribution is 0.576. The van der Waals surface area contributed by atoms with Gasteiger partial charge in [-0.2, -0.15) is 0 Å². The van der Waals surface area contributed by atoms with Crippen LogP contribution in [0.15, 0.2) is 68.5 Å². The SMILES string of the molecule is CC1=NCCCNCN(c2ccc(Cc3ccc(N4CNCCCN=C(C)CC(C)=NCCCNC4)cc3)cc2)CNCCCN=C(C)C1. The van der Waals surface area contributed by atoms with Crippen LogP contribution in [0.1, 0.15) is 77.3 Å². The summed E-state index contributed by atoms with van der Waals surface area (Å²) in [6.07, 6.45) is 6.80. The van der Waals surface area contributed by atoms with Crippen molar-refractivity contribution in [3.8, 4) is 0 Å². The summed E-state index contributed by atoms with van der Waals surface area (Å²) in [6.45, 7) is 18.9. The third-order valence-electron chi connectivity index (χ3n) is 8.82. The maximum atomic E-state index is 4.74. The van der Waals surface area contributed by atoms with Gasteiger partial charge in [0.1, 0.15) is 0 Å². The largest absolute Gasteiger partial charge is 0.346 e. The molecule has 10 heteroatoms. The summed E-state index contributed by atoms with van der Waals surface area (Å²) in [7, 11) is 0. The standard InChI is InChI=1S/C39H62N10/c1-32-25-33(2)45-22-6-18-41-29-48(28-40-17-5-21-44-32)38-13-9-36(10-14-38)27-37-11-15-39(16-12-37)49-30-42-19-7-23-46-34(3)26-35(4)47-24-8-20-43-31-49/h9-16,40-43H,5-8,17-31H2,1-4H3. The van der Waals surface area contributed by atoms with Gasteiger partial charge in [0.25, 0.3) is 0 Å². The zero-order chi connectivity index (χ0) is 34.5. The average molecular weight is 671 g/mol. The van der Waals surface area contributed by atoms with E-state index < -0.39 is 0 Å². The molecule has 2 aliphatic rings. The van der Waals surface area contributed by atoms with Crippen LogP contribution >= 0.6 is 0 Å². The smallest absolute Gasteiger partial charge is 0.0695 e. The van der Waals surface area contributed by atoms with E-state index in [2.05, 4.69) is 107 Å². The molecule has 4 rings (SSSR count). The molecule has 2 aromatic carbocycles. The first kappa shape index (κ1) is 38.4. The van der Waals surface area contributed by atoms with E-state index in [1.807, 2.05) is 0 Å². The molecule has 0 spiro atoms. The Labute approximate surface area is 296 Å². The van der Waals surface area contributed by atoms with Crippen molar-refractivity contribution >= 4 is 34.2 Å². The number of nitrogens with zero attached hydrogens (tertiary/aromatic N) is 6. The van der Waals surface area contributed by atoms with Gasteiger partial charge in [-0.25, -0.2) is 0 Å². The summed E-state index contributed by atoms with van der Waals surface area (Å²) >= 11 is 0. The van der Waals surface area contributed by atoms with Gasteiger partial charge in [0.2, 0.25) is 0 Å². The van der Waals surface area contributed by atoms with Crippen molar-refractivity contribution in [2.75, 3.05) is 88.8 Å².